The van der Waals surface area contributed by atoms with Crippen LogP contribution in [-0.4, -0.2) is 104 Å². The first kappa shape index (κ1) is 30.2. The number of carbonyl (C=O) groups is 1. The summed E-state index contributed by atoms with van der Waals surface area (Å²) in [5.41, 5.74) is -0.447. The van der Waals surface area contributed by atoms with E-state index in [0.717, 1.165) is 30.3 Å². The highest BCUT2D eigenvalue weighted by atomic mass is 16.7. The molecule has 1 fully saturated rings. The molecule has 1 unspecified atom stereocenters. The number of esters is 1. The van der Waals surface area contributed by atoms with E-state index in [2.05, 4.69) is 4.74 Å². The molecule has 44 heavy (non-hydrogen) atoms. The summed E-state index contributed by atoms with van der Waals surface area (Å²) in [6.45, 7) is -0.825. The molecule has 0 radical (unpaired) electrons. The fraction of sp³-hybridized carbons (Fsp3) is 0.250. The Morgan fingerprint density at radius 3 is 1.98 bits per heavy atom. The molecule has 2 aliphatic heterocycles. The summed E-state index contributed by atoms with van der Waals surface area (Å²) < 4.78 is 21.3. The molecule has 2 aliphatic rings. The number of ether oxygens (including phenoxy) is 4. The Bertz CT molecular complexity index is 1590. The van der Waals surface area contributed by atoms with E-state index in [1.165, 1.54) is 12.1 Å². The van der Waals surface area contributed by atoms with E-state index in [1.54, 1.807) is 0 Å². The predicted octanol–water partition coefficient (Wildman–Crippen LogP) is 0.350. The van der Waals surface area contributed by atoms with Crippen LogP contribution in [0.25, 0.3) is 6.08 Å². The van der Waals surface area contributed by atoms with Crippen molar-refractivity contribution in [3.8, 4) is 51.7 Å². The molecule has 0 aromatic heterocycles. The van der Waals surface area contributed by atoms with Gasteiger partial charge in [-0.05, 0) is 24.3 Å². The Kier molecular flexibility index (Phi) is 7.83. The number of aliphatic hydroxyl groups is 4. The second-order valence-electron chi connectivity index (χ2n) is 9.94. The molecule has 3 aromatic carbocycles. The molecule has 0 aliphatic carbocycles. The van der Waals surface area contributed by atoms with Crippen molar-refractivity contribution in [1.82, 2.24) is 0 Å². The fourth-order valence-corrected chi connectivity index (χ4v) is 4.73. The van der Waals surface area contributed by atoms with Crippen LogP contribution in [-0.2, 0) is 14.2 Å². The Hall–Kier alpha value is -5.29. The van der Waals surface area contributed by atoms with Gasteiger partial charge in [-0.3, -0.25) is 0 Å². The molecule has 2 heterocycles. The lowest BCUT2D eigenvalue weighted by Crippen LogP contribution is -2.60. The van der Waals surface area contributed by atoms with Crippen molar-refractivity contribution >= 4 is 12.0 Å². The van der Waals surface area contributed by atoms with Crippen molar-refractivity contribution in [3.05, 3.63) is 58.8 Å². The number of carbonyl (C=O) groups excluding carboxylic acids is 1. The van der Waals surface area contributed by atoms with Crippen LogP contribution in [0.5, 0.6) is 51.7 Å². The van der Waals surface area contributed by atoms with E-state index in [9.17, 15) is 61.0 Å². The highest BCUT2D eigenvalue weighted by Crippen LogP contribution is 2.48. The van der Waals surface area contributed by atoms with Gasteiger partial charge in [0.25, 0.3) is 11.9 Å². The number of phenols is 8. The number of benzene rings is 3. The van der Waals surface area contributed by atoms with Gasteiger partial charge in [0.15, 0.2) is 46.4 Å². The summed E-state index contributed by atoms with van der Waals surface area (Å²) >= 11 is 0. The number of phenolic OH excluding ortho intramolecular Hbond substituents is 8. The summed E-state index contributed by atoms with van der Waals surface area (Å²) in [7, 11) is 0. The van der Waals surface area contributed by atoms with Gasteiger partial charge in [-0.1, -0.05) is 0 Å². The minimum Gasteiger partial charge on any atom is -0.571 e. The molecule has 12 N–H and O–H groups in total. The summed E-state index contributed by atoms with van der Waals surface area (Å²) in [5, 5.41) is 111. The third-order valence-electron chi connectivity index (χ3n) is 6.98. The van der Waals surface area contributed by atoms with Crippen molar-refractivity contribution in [1.29, 1.82) is 0 Å². The van der Waals surface area contributed by atoms with Gasteiger partial charge in [0.1, 0.15) is 35.4 Å². The molecule has 16 nitrogen and oxygen atoms in total. The topological polar surface area (TPSA) is 280 Å². The molecular weight excluding hydrogens is 592 g/mol. The number of hydrogen-bond acceptors (Lipinski definition) is 15. The summed E-state index contributed by atoms with van der Waals surface area (Å²) in [4.78, 5) is 13.0. The average molecular weight is 620 g/mol. The van der Waals surface area contributed by atoms with Crippen LogP contribution in [0.15, 0.2) is 42.2 Å². The number of fused-ring (bicyclic) bond motifs is 1. The highest BCUT2D eigenvalue weighted by Gasteiger charge is 2.49. The summed E-state index contributed by atoms with van der Waals surface area (Å²) in [5.74, 6) is -7.22. The molecule has 0 amide bonds. The van der Waals surface area contributed by atoms with E-state index >= 15 is 0 Å². The first-order valence-electron chi connectivity index (χ1n) is 12.8. The van der Waals surface area contributed by atoms with Gasteiger partial charge in [0, 0.05) is 12.1 Å². The van der Waals surface area contributed by atoms with Gasteiger partial charge in [-0.25, -0.2) is 4.79 Å². The van der Waals surface area contributed by atoms with E-state index < -0.39 is 95.2 Å². The minimum atomic E-state index is -1.95. The molecule has 6 atom stereocenters. The first-order chi connectivity index (χ1) is 20.8. The number of rotatable bonds is 6. The van der Waals surface area contributed by atoms with Gasteiger partial charge in [0.2, 0.25) is 6.29 Å². The highest BCUT2D eigenvalue weighted by molar-refractivity contribution is 5.91. The van der Waals surface area contributed by atoms with Gasteiger partial charge >= 0.3 is 5.97 Å². The molecule has 3 aromatic rings. The predicted molar refractivity (Wildman–Crippen MR) is 143 cm³/mol. The first-order valence-corrected chi connectivity index (χ1v) is 12.8. The van der Waals surface area contributed by atoms with Crippen LogP contribution in [0.2, 0.25) is 0 Å². The number of hydrogen-bond donors (Lipinski definition) is 11. The van der Waals surface area contributed by atoms with Crippen molar-refractivity contribution in [3.63, 3.8) is 0 Å². The smallest absolute Gasteiger partial charge is 0.339 e. The molecule has 5 rings (SSSR count). The maximum atomic E-state index is 13.0. The molecular formula is C28H27O16+. The van der Waals surface area contributed by atoms with Crippen LogP contribution in [0, 0.1) is 0 Å². The monoisotopic (exact) mass is 619 g/mol. The Morgan fingerprint density at radius 2 is 1.39 bits per heavy atom. The largest absolute Gasteiger partial charge is 0.571 e. The Labute approximate surface area is 246 Å². The molecule has 0 spiro atoms. The quantitative estimate of drug-likeness (QED) is 0.101. The summed E-state index contributed by atoms with van der Waals surface area (Å²) in [6, 6.07) is 5.79. The van der Waals surface area contributed by atoms with E-state index in [0.29, 0.717) is 0 Å². The fourth-order valence-electron chi connectivity index (χ4n) is 4.73. The van der Waals surface area contributed by atoms with Crippen molar-refractivity contribution < 1.29 is 79.9 Å². The number of aliphatic hydroxyl groups excluding tert-OH is 3. The Morgan fingerprint density at radius 1 is 0.795 bits per heavy atom. The Balaban J connectivity index is 1.55. The lowest BCUT2D eigenvalue weighted by Gasteiger charge is -2.42. The second-order valence-corrected chi connectivity index (χ2v) is 9.94. The van der Waals surface area contributed by atoms with Crippen LogP contribution < -0.4 is 0 Å². The lowest BCUT2D eigenvalue weighted by molar-refractivity contribution is -0.294. The van der Waals surface area contributed by atoms with Crippen LogP contribution in [0.1, 0.15) is 27.6 Å². The molecule has 16 heteroatoms. The SMILES string of the molecule is O=C(O[C@H]1[C@H](OC2=Cc3c(O)cc(O)cc3[OH+]C2c2cc(O)c(O)c(O)c2)O[C@H](CO)[C@H](O)[C@@H]1O)c1cc(O)c(O)c(O)c1. The molecule has 234 valence electrons. The zero-order valence-corrected chi connectivity index (χ0v) is 22.2. The zero-order chi connectivity index (χ0) is 32.0. The van der Waals surface area contributed by atoms with Gasteiger partial charge < -0.3 is 75.1 Å². The van der Waals surface area contributed by atoms with Gasteiger partial charge in [0.05, 0.1) is 23.8 Å². The minimum absolute atomic E-state index is 0.0104. The molecule has 0 bridgehead atoms. The average Bonchev–Trinajstić information content (AvgIpc) is 2.97. The lowest BCUT2D eigenvalue weighted by atomic mass is 9.98. The van der Waals surface area contributed by atoms with Gasteiger partial charge in [-0.15, -0.1) is 0 Å². The summed E-state index contributed by atoms with van der Waals surface area (Å²) in [6.07, 6.45) is -8.98. The molecule has 1 saturated heterocycles. The van der Waals surface area contributed by atoms with E-state index in [4.69, 9.17) is 14.2 Å². The van der Waals surface area contributed by atoms with Crippen LogP contribution in [0.4, 0.5) is 0 Å². The maximum absolute atomic E-state index is 13.0. The van der Waals surface area contributed by atoms with Crippen LogP contribution in [0.3, 0.4) is 0 Å². The molecule has 0 saturated carbocycles. The third kappa shape index (κ3) is 5.45. The third-order valence-corrected chi connectivity index (χ3v) is 6.98. The van der Waals surface area contributed by atoms with E-state index in [1.807, 2.05) is 0 Å². The van der Waals surface area contributed by atoms with Crippen molar-refractivity contribution in [2.75, 3.05) is 6.61 Å². The van der Waals surface area contributed by atoms with Gasteiger partial charge in [-0.2, -0.15) is 0 Å². The van der Waals surface area contributed by atoms with Crippen molar-refractivity contribution in [2.24, 2.45) is 0 Å². The zero-order valence-electron chi connectivity index (χ0n) is 22.2. The maximum Gasteiger partial charge on any atom is 0.339 e. The van der Waals surface area contributed by atoms with E-state index in [-0.39, 0.29) is 28.4 Å². The standard InChI is InChI=1S/C28H26O16/c29-8-20-23(38)24(39)26(44-27(40)10-3-16(34)22(37)17(35)4-10)28(43-20)42-19-7-12-13(31)5-11(30)6-18(12)41-25(19)9-1-14(32)21(36)15(33)2-9/h1-7,20,23-26,28-39H,8H2/p+1/t20-,23+,24+,25?,26-,28-/m1/s1. The second kappa shape index (κ2) is 11.4. The number of aromatic hydroxyl groups is 9. The normalized spacial score (nSPS) is 24.5. The van der Waals surface area contributed by atoms with Crippen LogP contribution >= 0.6 is 0 Å². The van der Waals surface area contributed by atoms with Crippen molar-refractivity contribution in [2.45, 2.75) is 36.8 Å².